The third kappa shape index (κ3) is 2.50. The van der Waals surface area contributed by atoms with Crippen LogP contribution in [0.1, 0.15) is 41.6 Å². The van der Waals surface area contributed by atoms with E-state index in [-0.39, 0.29) is 5.41 Å². The number of hydrogen-bond acceptors (Lipinski definition) is 4. The maximum Gasteiger partial charge on any atom is 0.157 e. The second kappa shape index (κ2) is 6.09. The van der Waals surface area contributed by atoms with E-state index in [1.807, 2.05) is 16.8 Å². The van der Waals surface area contributed by atoms with Gasteiger partial charge in [0.15, 0.2) is 5.65 Å². The van der Waals surface area contributed by atoms with E-state index in [1.165, 1.54) is 41.6 Å². The predicted octanol–water partition coefficient (Wildman–Crippen LogP) is 3.22. The van der Waals surface area contributed by atoms with Crippen molar-refractivity contribution < 1.29 is 0 Å². The smallest absolute Gasteiger partial charge is 0.157 e. The molecule has 2 N–H and O–H groups in total. The van der Waals surface area contributed by atoms with E-state index < -0.39 is 0 Å². The molecule has 0 saturated carbocycles. The molecule has 0 amide bonds. The third-order valence-corrected chi connectivity index (χ3v) is 6.09. The van der Waals surface area contributed by atoms with Crippen LogP contribution in [0, 0.1) is 6.92 Å². The molecule has 0 radical (unpaired) electrons. The Hall–Kier alpha value is -2.40. The highest BCUT2D eigenvalue weighted by atomic mass is 15.3. The lowest BCUT2D eigenvalue weighted by Gasteiger charge is -2.34. The van der Waals surface area contributed by atoms with Crippen molar-refractivity contribution >= 4 is 11.5 Å². The SMILES string of the molecule is Cc1cccc(CNc2c3c(nc4ccnn24)C2(CCNCC2)CC3)c1. The van der Waals surface area contributed by atoms with Crippen LogP contribution in [0.4, 0.5) is 5.82 Å². The van der Waals surface area contributed by atoms with Gasteiger partial charge in [0.1, 0.15) is 5.82 Å². The van der Waals surface area contributed by atoms with Crippen molar-refractivity contribution in [1.29, 1.82) is 0 Å². The Kier molecular flexibility index (Phi) is 3.71. The molecule has 1 spiro atoms. The molecule has 5 rings (SSSR count). The highest BCUT2D eigenvalue weighted by Crippen LogP contribution is 2.46. The Morgan fingerprint density at radius 3 is 2.92 bits per heavy atom. The molecule has 134 valence electrons. The van der Waals surface area contributed by atoms with Crippen molar-refractivity contribution in [2.75, 3.05) is 18.4 Å². The summed E-state index contributed by atoms with van der Waals surface area (Å²) < 4.78 is 1.98. The van der Waals surface area contributed by atoms with E-state index in [1.54, 1.807) is 0 Å². The van der Waals surface area contributed by atoms with Gasteiger partial charge in [-0.05, 0) is 51.3 Å². The van der Waals surface area contributed by atoms with E-state index >= 15 is 0 Å². The average Bonchev–Trinajstić information content (AvgIpc) is 3.26. The van der Waals surface area contributed by atoms with Crippen LogP contribution in [0.5, 0.6) is 0 Å². The molecule has 1 fully saturated rings. The maximum absolute atomic E-state index is 5.06. The van der Waals surface area contributed by atoms with Gasteiger partial charge in [-0.25, -0.2) is 4.98 Å². The lowest BCUT2D eigenvalue weighted by atomic mass is 9.77. The van der Waals surface area contributed by atoms with E-state index in [4.69, 9.17) is 4.98 Å². The zero-order chi connectivity index (χ0) is 17.6. The van der Waals surface area contributed by atoms with Crippen molar-refractivity contribution in [3.05, 3.63) is 58.9 Å². The molecule has 26 heavy (non-hydrogen) atoms. The molecule has 1 aliphatic heterocycles. The van der Waals surface area contributed by atoms with Crippen molar-refractivity contribution in [3.8, 4) is 0 Å². The fourth-order valence-electron chi connectivity index (χ4n) is 4.72. The largest absolute Gasteiger partial charge is 0.366 e. The Bertz CT molecular complexity index is 952. The second-order valence-electron chi connectivity index (χ2n) is 7.76. The number of nitrogens with one attached hydrogen (secondary N) is 2. The molecule has 1 saturated heterocycles. The number of aryl methyl sites for hydroxylation is 1. The molecule has 3 aromatic rings. The number of anilines is 1. The summed E-state index contributed by atoms with van der Waals surface area (Å²) in [5.41, 5.74) is 6.49. The van der Waals surface area contributed by atoms with Gasteiger partial charge < -0.3 is 10.6 Å². The van der Waals surface area contributed by atoms with Gasteiger partial charge >= 0.3 is 0 Å². The van der Waals surface area contributed by atoms with Gasteiger partial charge in [-0.15, -0.1) is 0 Å². The van der Waals surface area contributed by atoms with Crippen LogP contribution in [0.2, 0.25) is 0 Å². The fourth-order valence-corrected chi connectivity index (χ4v) is 4.72. The van der Waals surface area contributed by atoms with E-state index in [0.717, 1.165) is 37.5 Å². The van der Waals surface area contributed by atoms with Crippen molar-refractivity contribution in [3.63, 3.8) is 0 Å². The first kappa shape index (κ1) is 15.8. The zero-order valence-corrected chi connectivity index (χ0v) is 15.3. The molecule has 2 aliphatic rings. The first-order valence-electron chi connectivity index (χ1n) is 9.62. The topological polar surface area (TPSA) is 54.2 Å². The van der Waals surface area contributed by atoms with Crippen LogP contribution in [0.25, 0.3) is 5.65 Å². The summed E-state index contributed by atoms with van der Waals surface area (Å²) >= 11 is 0. The molecular weight excluding hydrogens is 322 g/mol. The van der Waals surface area contributed by atoms with E-state index in [9.17, 15) is 0 Å². The van der Waals surface area contributed by atoms with Gasteiger partial charge in [-0.1, -0.05) is 29.8 Å². The summed E-state index contributed by atoms with van der Waals surface area (Å²) in [4.78, 5) is 5.06. The van der Waals surface area contributed by atoms with E-state index in [2.05, 4.69) is 46.9 Å². The number of rotatable bonds is 3. The van der Waals surface area contributed by atoms with Crippen LogP contribution in [0.3, 0.4) is 0 Å². The van der Waals surface area contributed by atoms with Crippen LogP contribution in [-0.4, -0.2) is 27.7 Å². The lowest BCUT2D eigenvalue weighted by molar-refractivity contribution is 0.301. The van der Waals surface area contributed by atoms with Crippen LogP contribution in [-0.2, 0) is 18.4 Å². The maximum atomic E-state index is 5.06. The molecule has 5 nitrogen and oxygen atoms in total. The zero-order valence-electron chi connectivity index (χ0n) is 15.3. The summed E-state index contributed by atoms with van der Waals surface area (Å²) in [6, 6.07) is 10.7. The van der Waals surface area contributed by atoms with Gasteiger partial charge in [0.2, 0.25) is 0 Å². The Balaban J connectivity index is 1.56. The number of nitrogens with zero attached hydrogens (tertiary/aromatic N) is 3. The monoisotopic (exact) mass is 347 g/mol. The molecule has 3 heterocycles. The molecule has 1 aromatic carbocycles. The van der Waals surface area contributed by atoms with Crippen molar-refractivity contribution in [1.82, 2.24) is 19.9 Å². The second-order valence-corrected chi connectivity index (χ2v) is 7.76. The first-order chi connectivity index (χ1) is 12.8. The van der Waals surface area contributed by atoms with Gasteiger partial charge in [-0.3, -0.25) is 0 Å². The number of benzene rings is 1. The van der Waals surface area contributed by atoms with Gasteiger partial charge in [0.05, 0.1) is 11.9 Å². The molecule has 0 atom stereocenters. The Morgan fingerprint density at radius 2 is 2.08 bits per heavy atom. The van der Waals surface area contributed by atoms with Gasteiger partial charge in [0.25, 0.3) is 0 Å². The van der Waals surface area contributed by atoms with Crippen molar-refractivity contribution in [2.24, 2.45) is 0 Å². The minimum absolute atomic E-state index is 0.256. The molecular formula is C21H25N5. The summed E-state index contributed by atoms with van der Waals surface area (Å²) in [6.45, 7) is 5.14. The van der Waals surface area contributed by atoms with Crippen LogP contribution < -0.4 is 10.6 Å². The van der Waals surface area contributed by atoms with E-state index in [0.29, 0.717) is 0 Å². The average molecular weight is 347 g/mol. The number of hydrogen-bond donors (Lipinski definition) is 2. The van der Waals surface area contributed by atoms with Crippen LogP contribution >= 0.6 is 0 Å². The van der Waals surface area contributed by atoms with Crippen molar-refractivity contribution in [2.45, 2.75) is 44.6 Å². The molecule has 1 aliphatic carbocycles. The predicted molar refractivity (Wildman–Crippen MR) is 104 cm³/mol. The summed E-state index contributed by atoms with van der Waals surface area (Å²) in [5, 5.41) is 11.7. The van der Waals surface area contributed by atoms with Gasteiger partial charge in [0, 0.05) is 23.6 Å². The number of fused-ring (bicyclic) bond motifs is 3. The quantitative estimate of drug-likeness (QED) is 0.764. The standard InChI is InChI=1S/C21H25N5/c1-15-3-2-4-16(13-15)14-23-20-17-5-7-21(8-11-22-12-9-21)19(17)25-18-6-10-24-26(18)20/h2-4,6,10,13,22-23H,5,7-9,11-12,14H2,1H3. The minimum Gasteiger partial charge on any atom is -0.366 e. The summed E-state index contributed by atoms with van der Waals surface area (Å²) in [6.07, 6.45) is 6.53. The van der Waals surface area contributed by atoms with Crippen LogP contribution in [0.15, 0.2) is 36.5 Å². The first-order valence-corrected chi connectivity index (χ1v) is 9.62. The fraction of sp³-hybridized carbons (Fsp3) is 0.429. The highest BCUT2D eigenvalue weighted by molar-refractivity contribution is 5.59. The summed E-state index contributed by atoms with van der Waals surface area (Å²) in [5.74, 6) is 1.13. The highest BCUT2D eigenvalue weighted by Gasteiger charge is 2.42. The number of aromatic nitrogens is 3. The molecule has 5 heteroatoms. The van der Waals surface area contributed by atoms with Gasteiger partial charge in [-0.2, -0.15) is 9.61 Å². The summed E-state index contributed by atoms with van der Waals surface area (Å²) in [7, 11) is 0. The number of piperidine rings is 1. The molecule has 0 bridgehead atoms. The lowest BCUT2D eigenvalue weighted by Crippen LogP contribution is -2.39. The Labute approximate surface area is 153 Å². The normalized spacial score (nSPS) is 18.3. The minimum atomic E-state index is 0.256. The Morgan fingerprint density at radius 1 is 1.19 bits per heavy atom. The molecule has 0 unspecified atom stereocenters. The molecule has 2 aromatic heterocycles. The third-order valence-electron chi connectivity index (χ3n) is 6.09.